The molecule has 1 aromatic rings. The third-order valence-electron chi connectivity index (χ3n) is 1.51. The van der Waals surface area contributed by atoms with Crippen LogP contribution in [0.2, 0.25) is 0 Å². The van der Waals surface area contributed by atoms with E-state index in [1.165, 1.54) is 0 Å². The maximum atomic E-state index is 5.88. The van der Waals surface area contributed by atoms with Crippen LogP contribution in [0.5, 0.6) is 0 Å². The van der Waals surface area contributed by atoms with Crippen molar-refractivity contribution < 1.29 is 0 Å². The van der Waals surface area contributed by atoms with Crippen LogP contribution in [0.15, 0.2) is 41.0 Å². The zero-order chi connectivity index (χ0) is 8.97. The van der Waals surface area contributed by atoms with Gasteiger partial charge in [-0.1, -0.05) is 0 Å². The van der Waals surface area contributed by atoms with Crippen molar-refractivity contribution in [3.63, 3.8) is 0 Å². The first-order valence-electron chi connectivity index (χ1n) is 3.57. The average molecular weight is 276 g/mol. The summed E-state index contributed by atoms with van der Waals surface area (Å²) in [7, 11) is 0. The summed E-state index contributed by atoms with van der Waals surface area (Å²) in [5.41, 5.74) is 1.07. The van der Waals surface area contributed by atoms with E-state index in [1.807, 2.05) is 37.6 Å². The summed E-state index contributed by atoms with van der Waals surface area (Å²) >= 11 is -1.29. The minimum absolute atomic E-state index is 1.07. The standard InChI is InChI=1S/C9H13IN2/c1-3-10(2)12(11)9-7-5-4-6-8-9/h3-8H,1,11H2,2H3. The predicted octanol–water partition coefficient (Wildman–Crippen LogP) is 2.56. The SMILES string of the molecule is C=CI(C)N(N)c1ccccc1. The number of anilines is 1. The van der Waals surface area contributed by atoms with Crippen LogP contribution in [0.25, 0.3) is 0 Å². The Morgan fingerprint density at radius 3 is 2.50 bits per heavy atom. The number of alkyl halides is 1. The Bertz CT molecular complexity index is 248. The summed E-state index contributed by atoms with van der Waals surface area (Å²) in [6.45, 7) is 3.76. The second kappa shape index (κ2) is 4.47. The molecular formula is C9H13IN2. The molecule has 1 aromatic carbocycles. The van der Waals surface area contributed by atoms with Gasteiger partial charge in [-0.25, -0.2) is 0 Å². The van der Waals surface area contributed by atoms with Gasteiger partial charge in [0, 0.05) is 0 Å². The van der Waals surface area contributed by atoms with Gasteiger partial charge in [-0.3, -0.25) is 0 Å². The first-order chi connectivity index (χ1) is 5.75. The number of nitrogens with zero attached hydrogens (tertiary/aromatic N) is 1. The fourth-order valence-corrected chi connectivity index (χ4v) is 2.42. The van der Waals surface area contributed by atoms with Gasteiger partial charge in [0.2, 0.25) is 0 Å². The molecule has 0 radical (unpaired) electrons. The van der Waals surface area contributed by atoms with Crippen LogP contribution >= 0.6 is 20.1 Å². The molecule has 0 aromatic heterocycles. The molecule has 12 heavy (non-hydrogen) atoms. The van der Waals surface area contributed by atoms with Gasteiger partial charge in [-0.2, -0.15) is 0 Å². The molecule has 0 bridgehead atoms. The van der Waals surface area contributed by atoms with Gasteiger partial charge >= 0.3 is 80.8 Å². The second-order valence-corrected chi connectivity index (χ2v) is 6.97. The zero-order valence-corrected chi connectivity index (χ0v) is 9.23. The molecule has 0 aliphatic carbocycles. The minimum atomic E-state index is -1.29. The van der Waals surface area contributed by atoms with Crippen LogP contribution in [-0.4, -0.2) is 4.93 Å². The van der Waals surface area contributed by atoms with E-state index in [0.29, 0.717) is 0 Å². The Morgan fingerprint density at radius 2 is 2.00 bits per heavy atom. The van der Waals surface area contributed by atoms with E-state index in [9.17, 15) is 0 Å². The number of hydrogen-bond acceptors (Lipinski definition) is 2. The monoisotopic (exact) mass is 276 g/mol. The molecule has 0 spiro atoms. The van der Waals surface area contributed by atoms with Gasteiger partial charge in [0.05, 0.1) is 0 Å². The molecule has 66 valence electrons. The Balaban J connectivity index is 2.78. The fourth-order valence-electron chi connectivity index (χ4n) is 0.799. The van der Waals surface area contributed by atoms with Gasteiger partial charge in [-0.05, 0) is 0 Å². The molecule has 0 unspecified atom stereocenters. The van der Waals surface area contributed by atoms with Gasteiger partial charge < -0.3 is 0 Å². The average Bonchev–Trinajstić information content (AvgIpc) is 2.17. The van der Waals surface area contributed by atoms with Gasteiger partial charge in [0.1, 0.15) is 0 Å². The molecule has 1 rings (SSSR count). The Hall–Kier alpha value is -0.550. The summed E-state index contributed by atoms with van der Waals surface area (Å²) in [6, 6.07) is 9.99. The van der Waals surface area contributed by atoms with Crippen molar-refractivity contribution in [2.75, 3.05) is 8.15 Å². The van der Waals surface area contributed by atoms with E-state index in [1.54, 1.807) is 0 Å². The van der Waals surface area contributed by atoms with Crippen molar-refractivity contribution in [3.8, 4) is 0 Å². The van der Waals surface area contributed by atoms with Crippen LogP contribution in [0.3, 0.4) is 0 Å². The van der Waals surface area contributed by atoms with Crippen LogP contribution in [-0.2, 0) is 0 Å². The first kappa shape index (κ1) is 9.54. The van der Waals surface area contributed by atoms with E-state index in [0.717, 1.165) is 5.69 Å². The van der Waals surface area contributed by atoms with Crippen LogP contribution in [0.1, 0.15) is 0 Å². The number of hydrazine groups is 1. The normalized spacial score (nSPS) is 10.7. The van der Waals surface area contributed by atoms with Gasteiger partial charge in [0.25, 0.3) is 0 Å². The molecule has 2 nitrogen and oxygen atoms in total. The topological polar surface area (TPSA) is 29.3 Å². The van der Waals surface area contributed by atoms with Gasteiger partial charge in [0.15, 0.2) is 0 Å². The van der Waals surface area contributed by atoms with Crippen molar-refractivity contribution in [3.05, 3.63) is 41.0 Å². The number of para-hydroxylation sites is 1. The van der Waals surface area contributed by atoms with E-state index in [-0.39, 0.29) is 0 Å². The molecule has 0 amide bonds. The van der Waals surface area contributed by atoms with Crippen molar-refractivity contribution in [1.29, 1.82) is 0 Å². The van der Waals surface area contributed by atoms with Crippen molar-refractivity contribution >= 4 is 25.8 Å². The third-order valence-corrected chi connectivity index (χ3v) is 4.98. The van der Waals surface area contributed by atoms with Crippen molar-refractivity contribution in [1.82, 2.24) is 0 Å². The number of rotatable bonds is 3. The quantitative estimate of drug-likeness (QED) is 0.302. The van der Waals surface area contributed by atoms with E-state index < -0.39 is 20.1 Å². The molecule has 0 heterocycles. The summed E-state index contributed by atoms with van der Waals surface area (Å²) in [4.78, 5) is 2.16. The zero-order valence-electron chi connectivity index (χ0n) is 7.07. The number of halogens is 1. The first-order valence-corrected chi connectivity index (χ1v) is 7.93. The molecule has 0 saturated carbocycles. The van der Waals surface area contributed by atoms with Crippen LogP contribution in [0, 0.1) is 0 Å². The predicted molar refractivity (Wildman–Crippen MR) is 63.2 cm³/mol. The van der Waals surface area contributed by atoms with Gasteiger partial charge in [-0.15, -0.1) is 0 Å². The van der Waals surface area contributed by atoms with E-state index >= 15 is 0 Å². The molecule has 2 N–H and O–H groups in total. The van der Waals surface area contributed by atoms with Crippen molar-refractivity contribution in [2.45, 2.75) is 0 Å². The second-order valence-electron chi connectivity index (χ2n) is 2.29. The van der Waals surface area contributed by atoms with E-state index in [2.05, 4.69) is 11.5 Å². The molecule has 0 aliphatic rings. The molecule has 3 heteroatoms. The summed E-state index contributed by atoms with van der Waals surface area (Å²) < 4.78 is 3.81. The number of benzene rings is 1. The number of hydrogen-bond donors (Lipinski definition) is 1. The van der Waals surface area contributed by atoms with Crippen LogP contribution in [0.4, 0.5) is 5.69 Å². The Morgan fingerprint density at radius 1 is 1.42 bits per heavy atom. The Labute approximate surface area is 80.8 Å². The fraction of sp³-hybridized carbons (Fsp3) is 0.111. The molecule has 0 aliphatic heterocycles. The third kappa shape index (κ3) is 2.22. The molecule has 0 atom stereocenters. The summed E-state index contributed by atoms with van der Waals surface area (Å²) in [5.74, 6) is 5.88. The molecular weight excluding hydrogens is 263 g/mol. The summed E-state index contributed by atoms with van der Waals surface area (Å²) in [5, 5.41) is 0. The molecule has 0 saturated heterocycles. The van der Waals surface area contributed by atoms with Crippen molar-refractivity contribution in [2.24, 2.45) is 5.84 Å². The maximum absolute atomic E-state index is 5.88. The molecule has 0 fully saturated rings. The number of nitrogens with two attached hydrogens (primary N) is 1. The Kier molecular flexibility index (Phi) is 3.55. The van der Waals surface area contributed by atoms with E-state index in [4.69, 9.17) is 5.84 Å². The summed E-state index contributed by atoms with van der Waals surface area (Å²) in [6.07, 6.45) is 0. The van der Waals surface area contributed by atoms with Crippen LogP contribution < -0.4 is 9.06 Å².